The molecule has 0 aliphatic rings. The highest BCUT2D eigenvalue weighted by Gasteiger charge is 2.11. The molecule has 0 bridgehead atoms. The maximum atomic E-state index is 10.4. The Morgan fingerprint density at radius 1 is 1.14 bits per heavy atom. The van der Waals surface area contributed by atoms with Gasteiger partial charge in [-0.25, -0.2) is 0 Å². The Kier molecular flexibility index (Phi) is 5.66. The molecule has 0 spiro atoms. The van der Waals surface area contributed by atoms with Gasteiger partial charge < -0.3 is 10.0 Å². The predicted octanol–water partition coefficient (Wildman–Crippen LogP) is 4.60. The molecule has 0 aliphatic carbocycles. The number of halogens is 1. The van der Waals surface area contributed by atoms with Crippen LogP contribution in [0.5, 0.6) is 0 Å². The lowest BCUT2D eigenvalue weighted by Gasteiger charge is -2.24. The lowest BCUT2D eigenvalue weighted by Crippen LogP contribution is -2.25. The Labute approximate surface area is 132 Å². The molecular weight excluding hydrogens is 282 g/mol. The highest BCUT2D eigenvalue weighted by Crippen LogP contribution is 2.24. The summed E-state index contributed by atoms with van der Waals surface area (Å²) in [6.45, 7) is 5.84. The normalized spacial score (nSPS) is 12.2. The van der Waals surface area contributed by atoms with Crippen LogP contribution >= 0.6 is 11.6 Å². The van der Waals surface area contributed by atoms with Gasteiger partial charge in [0, 0.05) is 23.8 Å². The Balaban J connectivity index is 1.99. The minimum Gasteiger partial charge on any atom is -0.388 e. The molecule has 0 aromatic heterocycles. The van der Waals surface area contributed by atoms with E-state index < -0.39 is 6.10 Å². The summed E-state index contributed by atoms with van der Waals surface area (Å²) in [5.41, 5.74) is 3.13. The largest absolute Gasteiger partial charge is 0.388 e. The van der Waals surface area contributed by atoms with Gasteiger partial charge in [-0.15, -0.1) is 0 Å². The van der Waals surface area contributed by atoms with Crippen molar-refractivity contribution >= 4 is 17.3 Å². The number of hydrogen-bond donors (Lipinski definition) is 1. The van der Waals surface area contributed by atoms with Crippen molar-refractivity contribution in [3.8, 4) is 0 Å². The summed E-state index contributed by atoms with van der Waals surface area (Å²) in [5.74, 6) is 0. The number of benzene rings is 2. The smallest absolute Gasteiger partial charge is 0.0807 e. The van der Waals surface area contributed by atoms with Crippen LogP contribution in [0.25, 0.3) is 0 Å². The van der Waals surface area contributed by atoms with Crippen LogP contribution in [0.2, 0.25) is 5.02 Å². The third-order valence-electron chi connectivity index (χ3n) is 3.74. The SMILES string of the molecule is CCN(CCC(O)c1ccc(Cl)c(C)c1)c1ccccc1. The van der Waals surface area contributed by atoms with Crippen molar-refractivity contribution < 1.29 is 5.11 Å². The van der Waals surface area contributed by atoms with E-state index in [1.807, 2.05) is 43.3 Å². The minimum atomic E-state index is -0.460. The number of aliphatic hydroxyl groups excluding tert-OH is 1. The standard InChI is InChI=1S/C18H22ClNO/c1-3-20(16-7-5-4-6-8-16)12-11-18(21)15-9-10-17(19)14(2)13-15/h4-10,13,18,21H,3,11-12H2,1-2H3. The molecule has 21 heavy (non-hydrogen) atoms. The molecule has 0 heterocycles. The van der Waals surface area contributed by atoms with Crippen LogP contribution in [0.4, 0.5) is 5.69 Å². The zero-order valence-corrected chi connectivity index (χ0v) is 13.3. The van der Waals surface area contributed by atoms with E-state index in [-0.39, 0.29) is 0 Å². The van der Waals surface area contributed by atoms with Crippen LogP contribution in [0.1, 0.15) is 30.6 Å². The number of aliphatic hydroxyl groups is 1. The second kappa shape index (κ2) is 7.48. The van der Waals surface area contributed by atoms with Crippen molar-refractivity contribution in [2.24, 2.45) is 0 Å². The summed E-state index contributed by atoms with van der Waals surface area (Å²) in [6.07, 6.45) is 0.239. The maximum Gasteiger partial charge on any atom is 0.0807 e. The quantitative estimate of drug-likeness (QED) is 0.843. The van der Waals surface area contributed by atoms with Crippen molar-refractivity contribution in [3.63, 3.8) is 0 Å². The molecule has 2 aromatic carbocycles. The second-order valence-electron chi connectivity index (χ2n) is 5.23. The number of para-hydroxylation sites is 1. The Morgan fingerprint density at radius 3 is 2.48 bits per heavy atom. The van der Waals surface area contributed by atoms with Crippen molar-refractivity contribution in [2.45, 2.75) is 26.4 Å². The Morgan fingerprint density at radius 2 is 1.86 bits per heavy atom. The van der Waals surface area contributed by atoms with Crippen molar-refractivity contribution in [1.82, 2.24) is 0 Å². The zero-order valence-electron chi connectivity index (χ0n) is 12.6. The lowest BCUT2D eigenvalue weighted by atomic mass is 10.0. The lowest BCUT2D eigenvalue weighted by molar-refractivity contribution is 0.169. The first kappa shape index (κ1) is 15.9. The fourth-order valence-corrected chi connectivity index (χ4v) is 2.55. The summed E-state index contributed by atoms with van der Waals surface area (Å²) in [6, 6.07) is 16.0. The van der Waals surface area contributed by atoms with Crippen molar-refractivity contribution in [2.75, 3.05) is 18.0 Å². The van der Waals surface area contributed by atoms with Gasteiger partial charge in [0.2, 0.25) is 0 Å². The number of anilines is 1. The first-order valence-electron chi connectivity index (χ1n) is 7.36. The molecule has 1 atom stereocenters. The highest BCUT2D eigenvalue weighted by atomic mass is 35.5. The molecule has 3 heteroatoms. The average molecular weight is 304 g/mol. The van der Waals surface area contributed by atoms with Crippen LogP contribution in [-0.4, -0.2) is 18.2 Å². The topological polar surface area (TPSA) is 23.5 Å². The first-order chi connectivity index (χ1) is 10.1. The number of hydrogen-bond acceptors (Lipinski definition) is 2. The fourth-order valence-electron chi connectivity index (χ4n) is 2.43. The van der Waals surface area contributed by atoms with E-state index in [1.54, 1.807) is 0 Å². The highest BCUT2D eigenvalue weighted by molar-refractivity contribution is 6.31. The van der Waals surface area contributed by atoms with Gasteiger partial charge in [-0.3, -0.25) is 0 Å². The molecule has 2 nitrogen and oxygen atoms in total. The number of rotatable bonds is 6. The number of nitrogens with zero attached hydrogens (tertiary/aromatic N) is 1. The summed E-state index contributed by atoms with van der Waals surface area (Å²) in [5, 5.41) is 11.1. The maximum absolute atomic E-state index is 10.4. The second-order valence-corrected chi connectivity index (χ2v) is 5.64. The zero-order chi connectivity index (χ0) is 15.2. The van der Waals surface area contributed by atoms with Crippen LogP contribution in [0, 0.1) is 6.92 Å². The Bertz CT molecular complexity index is 571. The Hall–Kier alpha value is -1.51. The van der Waals surface area contributed by atoms with Crippen LogP contribution in [0.15, 0.2) is 48.5 Å². The molecule has 0 radical (unpaired) electrons. The average Bonchev–Trinajstić information content (AvgIpc) is 2.51. The summed E-state index contributed by atoms with van der Waals surface area (Å²) in [7, 11) is 0. The van der Waals surface area contributed by atoms with E-state index >= 15 is 0 Å². The molecule has 1 unspecified atom stereocenters. The van der Waals surface area contributed by atoms with Crippen molar-refractivity contribution in [3.05, 3.63) is 64.7 Å². The van der Waals surface area contributed by atoms with E-state index in [1.165, 1.54) is 5.69 Å². The third-order valence-corrected chi connectivity index (χ3v) is 4.17. The van der Waals surface area contributed by atoms with E-state index in [2.05, 4.69) is 24.0 Å². The molecule has 0 saturated heterocycles. The van der Waals surface area contributed by atoms with Gasteiger partial charge in [0.05, 0.1) is 6.10 Å². The number of aryl methyl sites for hydroxylation is 1. The first-order valence-corrected chi connectivity index (χ1v) is 7.73. The minimum absolute atomic E-state index is 0.460. The van der Waals surface area contributed by atoms with E-state index in [0.717, 1.165) is 29.2 Å². The van der Waals surface area contributed by atoms with Gasteiger partial charge in [-0.2, -0.15) is 0 Å². The monoisotopic (exact) mass is 303 g/mol. The molecular formula is C18H22ClNO. The predicted molar refractivity (Wildman–Crippen MR) is 90.1 cm³/mol. The molecule has 0 aliphatic heterocycles. The molecule has 2 rings (SSSR count). The molecule has 112 valence electrons. The van der Waals surface area contributed by atoms with Crippen molar-refractivity contribution in [1.29, 1.82) is 0 Å². The summed E-state index contributed by atoms with van der Waals surface area (Å²) in [4.78, 5) is 2.27. The van der Waals surface area contributed by atoms with Gasteiger partial charge in [-0.1, -0.05) is 41.9 Å². The fraction of sp³-hybridized carbons (Fsp3) is 0.333. The van der Waals surface area contributed by atoms with E-state index in [4.69, 9.17) is 11.6 Å². The van der Waals surface area contributed by atoms with Crippen LogP contribution < -0.4 is 4.90 Å². The molecule has 0 saturated carbocycles. The van der Waals surface area contributed by atoms with Crippen LogP contribution in [0.3, 0.4) is 0 Å². The van der Waals surface area contributed by atoms with Gasteiger partial charge in [0.15, 0.2) is 0 Å². The van der Waals surface area contributed by atoms with Gasteiger partial charge >= 0.3 is 0 Å². The summed E-state index contributed by atoms with van der Waals surface area (Å²) >= 11 is 6.03. The van der Waals surface area contributed by atoms with E-state index in [9.17, 15) is 5.11 Å². The third kappa shape index (κ3) is 4.23. The van der Waals surface area contributed by atoms with Gasteiger partial charge in [0.25, 0.3) is 0 Å². The van der Waals surface area contributed by atoms with E-state index in [0.29, 0.717) is 6.42 Å². The summed E-state index contributed by atoms with van der Waals surface area (Å²) < 4.78 is 0. The molecule has 0 fully saturated rings. The van der Waals surface area contributed by atoms with Gasteiger partial charge in [-0.05, 0) is 49.6 Å². The molecule has 0 amide bonds. The van der Waals surface area contributed by atoms with Gasteiger partial charge in [0.1, 0.15) is 0 Å². The molecule has 1 N–H and O–H groups in total. The molecule has 2 aromatic rings. The van der Waals surface area contributed by atoms with Crippen LogP contribution in [-0.2, 0) is 0 Å².